The summed E-state index contributed by atoms with van der Waals surface area (Å²) in [6, 6.07) is 17.7. The van der Waals surface area contributed by atoms with E-state index in [0.717, 1.165) is 23.9 Å². The first-order chi connectivity index (χ1) is 13.7. The fourth-order valence-electron chi connectivity index (χ4n) is 3.30. The number of carbonyl (C=O) groups excluding carboxylic acids is 1. The van der Waals surface area contributed by atoms with E-state index in [-0.39, 0.29) is 0 Å². The molecule has 6 nitrogen and oxygen atoms in total. The van der Waals surface area contributed by atoms with E-state index in [9.17, 15) is 4.79 Å². The Labute approximate surface area is 163 Å². The summed E-state index contributed by atoms with van der Waals surface area (Å²) in [6.45, 7) is 2.89. The Bertz CT molecular complexity index is 1140. The molecule has 4 rings (SSSR count). The predicted octanol–water partition coefficient (Wildman–Crippen LogP) is 3.98. The number of hydrogen-bond donors (Lipinski definition) is 1. The zero-order chi connectivity index (χ0) is 19.5. The van der Waals surface area contributed by atoms with Gasteiger partial charge in [-0.25, -0.2) is 14.8 Å². The minimum absolute atomic E-state index is 0.301. The Hall–Kier alpha value is -3.41. The van der Waals surface area contributed by atoms with Gasteiger partial charge in [-0.15, -0.1) is 0 Å². The van der Waals surface area contributed by atoms with Crippen LogP contribution in [0.15, 0.2) is 54.6 Å². The van der Waals surface area contributed by atoms with Gasteiger partial charge in [0.15, 0.2) is 5.65 Å². The van der Waals surface area contributed by atoms with E-state index in [1.165, 1.54) is 5.56 Å². The molecule has 0 amide bonds. The number of carbonyl (C=O) groups is 1. The van der Waals surface area contributed by atoms with Gasteiger partial charge in [0.1, 0.15) is 16.9 Å². The highest BCUT2D eigenvalue weighted by Gasteiger charge is 2.24. The number of para-hydroxylation sites is 2. The highest BCUT2D eigenvalue weighted by Crippen LogP contribution is 2.29. The standard InChI is InChI=1S/C22H22N4O2/c1-2-14-28-22(27)18-19-21(25-17-11-7-6-10-16(17)24-19)26(20(18)23)13-12-15-8-4-3-5-9-15/h3-11H,2,12-14,23H2,1H3. The number of fused-ring (bicyclic) bond motifs is 2. The summed E-state index contributed by atoms with van der Waals surface area (Å²) in [4.78, 5) is 22.1. The quantitative estimate of drug-likeness (QED) is 0.516. The first-order valence-corrected chi connectivity index (χ1v) is 9.44. The van der Waals surface area contributed by atoms with Crippen LogP contribution >= 0.6 is 0 Å². The van der Waals surface area contributed by atoms with Gasteiger partial charge in [0, 0.05) is 6.54 Å². The number of nitrogens with two attached hydrogens (primary N) is 1. The first kappa shape index (κ1) is 18.0. The van der Waals surface area contributed by atoms with Crippen LogP contribution in [-0.2, 0) is 17.7 Å². The Balaban J connectivity index is 1.83. The fraction of sp³-hybridized carbons (Fsp3) is 0.227. The lowest BCUT2D eigenvalue weighted by atomic mass is 10.1. The Morgan fingerprint density at radius 1 is 1.04 bits per heavy atom. The summed E-state index contributed by atoms with van der Waals surface area (Å²) < 4.78 is 7.22. The van der Waals surface area contributed by atoms with Crippen molar-refractivity contribution < 1.29 is 9.53 Å². The van der Waals surface area contributed by atoms with Crippen LogP contribution in [-0.4, -0.2) is 27.1 Å². The van der Waals surface area contributed by atoms with Gasteiger partial charge in [0.25, 0.3) is 0 Å². The normalized spacial score (nSPS) is 11.2. The third-order valence-corrected chi connectivity index (χ3v) is 4.70. The molecule has 2 aromatic carbocycles. The van der Waals surface area contributed by atoms with E-state index in [0.29, 0.717) is 35.7 Å². The molecule has 0 fully saturated rings. The summed E-state index contributed by atoms with van der Waals surface area (Å²) in [5.74, 6) is -0.102. The van der Waals surface area contributed by atoms with Crippen molar-refractivity contribution in [3.05, 3.63) is 65.7 Å². The van der Waals surface area contributed by atoms with Gasteiger partial charge in [-0.3, -0.25) is 0 Å². The number of nitrogens with zero attached hydrogens (tertiary/aromatic N) is 3. The van der Waals surface area contributed by atoms with Gasteiger partial charge in [0.2, 0.25) is 0 Å². The molecular formula is C22H22N4O2. The molecule has 0 atom stereocenters. The van der Waals surface area contributed by atoms with Crippen LogP contribution in [0, 0.1) is 0 Å². The van der Waals surface area contributed by atoms with Crippen molar-refractivity contribution in [2.24, 2.45) is 0 Å². The van der Waals surface area contributed by atoms with Crippen LogP contribution in [0.5, 0.6) is 0 Å². The molecule has 28 heavy (non-hydrogen) atoms. The van der Waals surface area contributed by atoms with Crippen molar-refractivity contribution in [1.29, 1.82) is 0 Å². The number of nitrogen functional groups attached to an aromatic ring is 1. The van der Waals surface area contributed by atoms with Crippen LogP contribution in [0.4, 0.5) is 5.82 Å². The molecule has 142 valence electrons. The van der Waals surface area contributed by atoms with Crippen LogP contribution in [0.3, 0.4) is 0 Å². The lowest BCUT2D eigenvalue weighted by Crippen LogP contribution is -2.11. The maximum Gasteiger partial charge on any atom is 0.344 e. The molecule has 2 aromatic heterocycles. The summed E-state index contributed by atoms with van der Waals surface area (Å²) in [7, 11) is 0. The van der Waals surface area contributed by atoms with Crippen molar-refractivity contribution in [3.8, 4) is 0 Å². The molecule has 0 saturated carbocycles. The minimum atomic E-state index is -0.451. The topological polar surface area (TPSA) is 83.0 Å². The van der Waals surface area contributed by atoms with E-state index in [1.54, 1.807) is 0 Å². The number of aryl methyl sites for hydroxylation is 2. The van der Waals surface area contributed by atoms with Crippen LogP contribution < -0.4 is 5.73 Å². The summed E-state index contributed by atoms with van der Waals surface area (Å²) in [5, 5.41) is 0. The van der Waals surface area contributed by atoms with Gasteiger partial charge in [0.05, 0.1) is 17.6 Å². The molecule has 0 saturated heterocycles. The molecule has 0 aliphatic carbocycles. The van der Waals surface area contributed by atoms with Crippen LogP contribution in [0.25, 0.3) is 22.2 Å². The maximum atomic E-state index is 12.7. The highest BCUT2D eigenvalue weighted by atomic mass is 16.5. The van der Waals surface area contributed by atoms with Crippen LogP contribution in [0.1, 0.15) is 29.3 Å². The van der Waals surface area contributed by atoms with E-state index in [4.69, 9.17) is 15.5 Å². The summed E-state index contributed by atoms with van der Waals surface area (Å²) in [6.07, 6.45) is 1.51. The molecule has 0 spiro atoms. The van der Waals surface area contributed by atoms with Crippen LogP contribution in [0.2, 0.25) is 0 Å². The maximum absolute atomic E-state index is 12.7. The molecule has 0 aliphatic heterocycles. The average molecular weight is 374 g/mol. The molecular weight excluding hydrogens is 352 g/mol. The molecule has 4 aromatic rings. The van der Waals surface area contributed by atoms with Gasteiger partial charge in [-0.1, -0.05) is 49.4 Å². The van der Waals surface area contributed by atoms with Crippen molar-refractivity contribution in [2.45, 2.75) is 26.3 Å². The Kier molecular flexibility index (Phi) is 4.93. The molecule has 2 heterocycles. The van der Waals surface area contributed by atoms with Gasteiger partial charge < -0.3 is 15.0 Å². The number of hydrogen-bond acceptors (Lipinski definition) is 5. The van der Waals surface area contributed by atoms with Crippen molar-refractivity contribution in [1.82, 2.24) is 14.5 Å². The summed E-state index contributed by atoms with van der Waals surface area (Å²) >= 11 is 0. The van der Waals surface area contributed by atoms with Crippen molar-refractivity contribution in [3.63, 3.8) is 0 Å². The second-order valence-corrected chi connectivity index (χ2v) is 6.67. The molecule has 0 bridgehead atoms. The van der Waals surface area contributed by atoms with Crippen molar-refractivity contribution >= 4 is 34.0 Å². The molecule has 0 aliphatic rings. The smallest absolute Gasteiger partial charge is 0.344 e. The monoisotopic (exact) mass is 374 g/mol. The van der Waals surface area contributed by atoms with Gasteiger partial charge in [-0.05, 0) is 30.5 Å². The number of esters is 1. The number of rotatable bonds is 6. The molecule has 6 heteroatoms. The number of benzene rings is 2. The van der Waals surface area contributed by atoms with E-state index in [1.807, 2.05) is 54.0 Å². The molecule has 0 unspecified atom stereocenters. The predicted molar refractivity (Wildman–Crippen MR) is 110 cm³/mol. The Morgan fingerprint density at radius 3 is 2.43 bits per heavy atom. The Morgan fingerprint density at radius 2 is 1.71 bits per heavy atom. The lowest BCUT2D eigenvalue weighted by Gasteiger charge is -2.08. The average Bonchev–Trinajstić information content (AvgIpc) is 3.00. The SMILES string of the molecule is CCCOC(=O)c1c(N)n(CCc2ccccc2)c2nc3ccccc3nc12. The van der Waals surface area contributed by atoms with E-state index in [2.05, 4.69) is 17.1 Å². The highest BCUT2D eigenvalue weighted by molar-refractivity contribution is 6.08. The number of ether oxygens (including phenoxy) is 1. The second kappa shape index (κ2) is 7.68. The summed E-state index contributed by atoms with van der Waals surface area (Å²) in [5.41, 5.74) is 10.5. The molecule has 2 N–H and O–H groups in total. The van der Waals surface area contributed by atoms with E-state index >= 15 is 0 Å². The number of anilines is 1. The first-order valence-electron chi connectivity index (χ1n) is 9.44. The number of aromatic nitrogens is 3. The van der Waals surface area contributed by atoms with Gasteiger partial charge >= 0.3 is 5.97 Å². The largest absolute Gasteiger partial charge is 0.462 e. The van der Waals surface area contributed by atoms with Gasteiger partial charge in [-0.2, -0.15) is 0 Å². The minimum Gasteiger partial charge on any atom is -0.462 e. The lowest BCUT2D eigenvalue weighted by molar-refractivity contribution is 0.0508. The fourth-order valence-corrected chi connectivity index (χ4v) is 3.30. The second-order valence-electron chi connectivity index (χ2n) is 6.67. The third-order valence-electron chi connectivity index (χ3n) is 4.70. The third kappa shape index (κ3) is 3.29. The zero-order valence-corrected chi connectivity index (χ0v) is 15.8. The van der Waals surface area contributed by atoms with Crippen molar-refractivity contribution in [2.75, 3.05) is 12.3 Å². The van der Waals surface area contributed by atoms with E-state index < -0.39 is 5.97 Å². The zero-order valence-electron chi connectivity index (χ0n) is 15.8. The molecule has 0 radical (unpaired) electrons.